The van der Waals surface area contributed by atoms with E-state index in [-0.39, 0.29) is 6.04 Å². The van der Waals surface area contributed by atoms with Crippen molar-refractivity contribution in [1.82, 2.24) is 25.3 Å². The summed E-state index contributed by atoms with van der Waals surface area (Å²) < 4.78 is 0. The molecule has 0 amide bonds. The van der Waals surface area contributed by atoms with Crippen LogP contribution in [0.1, 0.15) is 46.2 Å². The second-order valence-corrected chi connectivity index (χ2v) is 7.69. The van der Waals surface area contributed by atoms with Crippen LogP contribution in [0.4, 0.5) is 5.82 Å². The molecule has 134 valence electrons. The van der Waals surface area contributed by atoms with Crippen molar-refractivity contribution >= 4 is 17.2 Å². The first-order valence-corrected chi connectivity index (χ1v) is 9.68. The van der Waals surface area contributed by atoms with Gasteiger partial charge in [0, 0.05) is 41.5 Å². The third-order valence-electron chi connectivity index (χ3n) is 4.69. The van der Waals surface area contributed by atoms with Gasteiger partial charge in [-0.1, -0.05) is 6.92 Å². The average Bonchev–Trinajstić information content (AvgIpc) is 3.27. The van der Waals surface area contributed by atoms with E-state index in [9.17, 15) is 0 Å². The van der Waals surface area contributed by atoms with Crippen LogP contribution >= 0.6 is 11.3 Å². The van der Waals surface area contributed by atoms with E-state index in [2.05, 4.69) is 36.4 Å². The fraction of sp³-hybridized carbons (Fsp3) is 0.368. The van der Waals surface area contributed by atoms with Gasteiger partial charge in [-0.05, 0) is 32.4 Å². The zero-order chi connectivity index (χ0) is 18.1. The topological polar surface area (TPSA) is 75.6 Å². The molecule has 3 aromatic heterocycles. The lowest BCUT2D eigenvalue weighted by molar-refractivity contribution is 0.729. The minimum atomic E-state index is 0.150. The monoisotopic (exact) mass is 366 g/mol. The van der Waals surface area contributed by atoms with E-state index in [1.54, 1.807) is 23.7 Å². The highest BCUT2D eigenvalue weighted by molar-refractivity contribution is 7.11. The van der Waals surface area contributed by atoms with Gasteiger partial charge in [-0.15, -0.1) is 11.3 Å². The smallest absolute Gasteiger partial charge is 0.161 e. The van der Waals surface area contributed by atoms with E-state index in [1.165, 1.54) is 4.88 Å². The molecule has 0 saturated carbocycles. The number of hydrogen-bond donors (Lipinski definition) is 2. The van der Waals surface area contributed by atoms with E-state index in [1.807, 2.05) is 12.1 Å². The Balaban J connectivity index is 1.72. The van der Waals surface area contributed by atoms with Crippen LogP contribution in [0.3, 0.4) is 0 Å². The number of fused-ring (bicyclic) bond motifs is 1. The maximum Gasteiger partial charge on any atom is 0.161 e. The summed E-state index contributed by atoms with van der Waals surface area (Å²) in [7, 11) is 0. The average molecular weight is 366 g/mol. The zero-order valence-corrected chi connectivity index (χ0v) is 16.0. The minimum Gasteiger partial charge on any atom is -0.360 e. The lowest BCUT2D eigenvalue weighted by atomic mass is 10.1. The molecule has 1 atom stereocenters. The summed E-state index contributed by atoms with van der Waals surface area (Å²) in [5.41, 5.74) is 4.31. The predicted octanol–water partition coefficient (Wildman–Crippen LogP) is 3.78. The molecule has 1 aliphatic rings. The summed E-state index contributed by atoms with van der Waals surface area (Å²) in [6.07, 6.45) is 4.49. The number of nitrogens with one attached hydrogen (secondary N) is 2. The summed E-state index contributed by atoms with van der Waals surface area (Å²) in [5.74, 6) is 1.64. The maximum absolute atomic E-state index is 4.84. The van der Waals surface area contributed by atoms with E-state index in [0.29, 0.717) is 0 Å². The van der Waals surface area contributed by atoms with Gasteiger partial charge in [0.05, 0.1) is 17.4 Å². The Labute approximate surface area is 157 Å². The molecule has 0 spiro atoms. The number of rotatable bonds is 5. The summed E-state index contributed by atoms with van der Waals surface area (Å²) >= 11 is 1.76. The van der Waals surface area contributed by atoms with Crippen LogP contribution in [0.5, 0.6) is 0 Å². The molecule has 26 heavy (non-hydrogen) atoms. The van der Waals surface area contributed by atoms with Crippen molar-refractivity contribution < 1.29 is 0 Å². The molecule has 0 bridgehead atoms. The van der Waals surface area contributed by atoms with Crippen molar-refractivity contribution in [2.75, 3.05) is 5.32 Å². The number of nitrogens with zero attached hydrogens (tertiary/aromatic N) is 4. The Morgan fingerprint density at radius 3 is 2.65 bits per heavy atom. The Morgan fingerprint density at radius 2 is 1.96 bits per heavy atom. The molecule has 7 heteroatoms. The Hall–Kier alpha value is -2.38. The van der Waals surface area contributed by atoms with Gasteiger partial charge in [-0.25, -0.2) is 15.0 Å². The van der Waals surface area contributed by atoms with Crippen LogP contribution in [0.15, 0.2) is 24.5 Å². The van der Waals surface area contributed by atoms with Crippen LogP contribution in [0.25, 0.3) is 11.4 Å². The third kappa shape index (κ3) is 3.20. The zero-order valence-electron chi connectivity index (χ0n) is 15.2. The Bertz CT molecular complexity index is 902. The molecule has 0 radical (unpaired) electrons. The van der Waals surface area contributed by atoms with Crippen LogP contribution in [0, 0.1) is 13.8 Å². The molecular weight excluding hydrogens is 344 g/mol. The minimum absolute atomic E-state index is 0.150. The van der Waals surface area contributed by atoms with Crippen molar-refractivity contribution in [2.45, 2.75) is 46.3 Å². The van der Waals surface area contributed by atoms with Crippen LogP contribution < -0.4 is 10.6 Å². The van der Waals surface area contributed by atoms with Crippen molar-refractivity contribution in [1.29, 1.82) is 0 Å². The number of thiazole rings is 1. The number of hydrogen-bond acceptors (Lipinski definition) is 7. The molecule has 0 aliphatic carbocycles. The Morgan fingerprint density at radius 1 is 1.15 bits per heavy atom. The quantitative estimate of drug-likeness (QED) is 0.716. The molecule has 0 aromatic carbocycles. The molecule has 0 unspecified atom stereocenters. The number of aryl methyl sites for hydroxylation is 2. The Kier molecular flexibility index (Phi) is 4.65. The molecule has 2 N–H and O–H groups in total. The SMILES string of the molecule is CC[C@@H](Nc1nc(-c2ccncc2)nc2c1CNC2)c1nc(C)c(C)s1. The normalized spacial score (nSPS) is 14.3. The van der Waals surface area contributed by atoms with Crippen molar-refractivity contribution in [3.05, 3.63) is 51.4 Å². The molecule has 1 aliphatic heterocycles. The summed E-state index contributed by atoms with van der Waals surface area (Å²) in [4.78, 5) is 19.7. The van der Waals surface area contributed by atoms with Gasteiger partial charge < -0.3 is 10.6 Å². The van der Waals surface area contributed by atoms with E-state index in [4.69, 9.17) is 15.0 Å². The highest BCUT2D eigenvalue weighted by atomic mass is 32.1. The van der Waals surface area contributed by atoms with E-state index in [0.717, 1.165) is 58.7 Å². The van der Waals surface area contributed by atoms with Gasteiger partial charge >= 0.3 is 0 Å². The summed E-state index contributed by atoms with van der Waals surface area (Å²) in [6.45, 7) is 7.93. The third-order valence-corrected chi connectivity index (χ3v) is 5.87. The second-order valence-electron chi connectivity index (χ2n) is 6.46. The fourth-order valence-electron chi connectivity index (χ4n) is 3.07. The standard InChI is InChI=1S/C19H22N6S/c1-4-15(19-22-11(2)12(3)26-19)23-18-14-9-21-10-16(14)24-17(25-18)13-5-7-20-8-6-13/h5-8,15,21H,4,9-10H2,1-3H3,(H,23,24,25)/t15-/m1/s1. The largest absolute Gasteiger partial charge is 0.360 e. The van der Waals surface area contributed by atoms with Crippen LogP contribution in [-0.4, -0.2) is 19.9 Å². The molecule has 6 nitrogen and oxygen atoms in total. The highest BCUT2D eigenvalue weighted by Crippen LogP contribution is 2.31. The first-order chi connectivity index (χ1) is 12.7. The van der Waals surface area contributed by atoms with Gasteiger partial charge in [-0.2, -0.15) is 0 Å². The van der Waals surface area contributed by atoms with Crippen LogP contribution in [0.2, 0.25) is 0 Å². The van der Waals surface area contributed by atoms with Gasteiger partial charge in [0.25, 0.3) is 0 Å². The lowest BCUT2D eigenvalue weighted by Crippen LogP contribution is -2.14. The lowest BCUT2D eigenvalue weighted by Gasteiger charge is -2.18. The van der Waals surface area contributed by atoms with E-state index < -0.39 is 0 Å². The van der Waals surface area contributed by atoms with E-state index >= 15 is 0 Å². The van der Waals surface area contributed by atoms with Gasteiger partial charge in [-0.3, -0.25) is 4.98 Å². The first kappa shape index (κ1) is 17.1. The van der Waals surface area contributed by atoms with Crippen molar-refractivity contribution in [3.63, 3.8) is 0 Å². The van der Waals surface area contributed by atoms with Crippen molar-refractivity contribution in [3.8, 4) is 11.4 Å². The molecule has 0 fully saturated rings. The fourth-order valence-corrected chi connectivity index (χ4v) is 4.13. The number of pyridine rings is 1. The summed E-state index contributed by atoms with van der Waals surface area (Å²) in [5, 5.41) is 8.14. The second kappa shape index (κ2) is 7.09. The first-order valence-electron chi connectivity index (χ1n) is 8.87. The molecule has 3 aromatic rings. The molecule has 0 saturated heterocycles. The number of anilines is 1. The predicted molar refractivity (Wildman–Crippen MR) is 104 cm³/mol. The van der Waals surface area contributed by atoms with Gasteiger partial charge in [0.15, 0.2) is 5.82 Å². The number of aromatic nitrogens is 4. The van der Waals surface area contributed by atoms with Crippen molar-refractivity contribution in [2.24, 2.45) is 0 Å². The molecule has 4 heterocycles. The molecule has 4 rings (SSSR count). The van der Waals surface area contributed by atoms with Crippen LogP contribution in [-0.2, 0) is 13.1 Å². The van der Waals surface area contributed by atoms with Gasteiger partial charge in [0.2, 0.25) is 0 Å². The van der Waals surface area contributed by atoms with Gasteiger partial charge in [0.1, 0.15) is 10.8 Å². The molecular formula is C19H22N6S. The highest BCUT2D eigenvalue weighted by Gasteiger charge is 2.23. The maximum atomic E-state index is 4.84. The summed E-state index contributed by atoms with van der Waals surface area (Å²) in [6, 6.07) is 4.04.